The van der Waals surface area contributed by atoms with Gasteiger partial charge in [0.15, 0.2) is 5.82 Å². The Hall–Kier alpha value is -2.14. The first kappa shape index (κ1) is 16.7. The van der Waals surface area contributed by atoms with Gasteiger partial charge in [0.1, 0.15) is 0 Å². The monoisotopic (exact) mass is 377 g/mol. The van der Waals surface area contributed by atoms with Crippen LogP contribution in [0.3, 0.4) is 0 Å². The molecule has 0 fully saturated rings. The fraction of sp³-hybridized carbons (Fsp3) is 0. The smallest absolute Gasteiger partial charge is 0.258 e. The van der Waals surface area contributed by atoms with E-state index in [9.17, 15) is 4.79 Å². The molecule has 0 saturated carbocycles. The summed E-state index contributed by atoms with van der Waals surface area (Å²) in [5.41, 5.74) is 1.64. The Morgan fingerprint density at radius 1 is 0.833 bits per heavy atom. The van der Waals surface area contributed by atoms with Gasteiger partial charge in [-0.25, -0.2) is 9.97 Å². The van der Waals surface area contributed by atoms with Crippen LogP contribution in [0.2, 0.25) is 15.1 Å². The Bertz CT molecular complexity index is 860. The highest BCUT2D eigenvalue weighted by molar-refractivity contribution is 6.35. The zero-order valence-corrected chi connectivity index (χ0v) is 14.4. The minimum Gasteiger partial charge on any atom is -0.322 e. The van der Waals surface area contributed by atoms with Gasteiger partial charge in [-0.2, -0.15) is 0 Å². The number of aromatic nitrogens is 2. The Morgan fingerprint density at radius 2 is 1.42 bits per heavy atom. The summed E-state index contributed by atoms with van der Waals surface area (Å²) in [7, 11) is 0. The van der Waals surface area contributed by atoms with Gasteiger partial charge >= 0.3 is 0 Å². The van der Waals surface area contributed by atoms with E-state index in [0.29, 0.717) is 32.1 Å². The molecule has 1 amide bonds. The fourth-order valence-electron chi connectivity index (χ4n) is 2.02. The zero-order valence-electron chi connectivity index (χ0n) is 12.1. The Balaban J connectivity index is 1.77. The number of hydrogen-bond acceptors (Lipinski definition) is 3. The molecule has 3 rings (SSSR count). The summed E-state index contributed by atoms with van der Waals surface area (Å²) in [6.45, 7) is 0. The van der Waals surface area contributed by atoms with Crippen molar-refractivity contribution < 1.29 is 4.79 Å². The molecule has 24 heavy (non-hydrogen) atoms. The minimum absolute atomic E-state index is 0.323. The summed E-state index contributed by atoms with van der Waals surface area (Å²) >= 11 is 17.7. The van der Waals surface area contributed by atoms with Crippen molar-refractivity contribution in [1.82, 2.24) is 9.97 Å². The van der Waals surface area contributed by atoms with E-state index in [2.05, 4.69) is 15.3 Å². The van der Waals surface area contributed by atoms with E-state index in [1.165, 1.54) is 12.4 Å². The second-order valence-electron chi connectivity index (χ2n) is 4.91. The van der Waals surface area contributed by atoms with E-state index in [0.717, 1.165) is 5.56 Å². The highest BCUT2D eigenvalue weighted by atomic mass is 35.5. The number of halogens is 3. The Labute approximate surface area is 153 Å². The van der Waals surface area contributed by atoms with Gasteiger partial charge in [-0.1, -0.05) is 34.8 Å². The van der Waals surface area contributed by atoms with Gasteiger partial charge < -0.3 is 5.32 Å². The summed E-state index contributed by atoms with van der Waals surface area (Å²) < 4.78 is 0. The maximum absolute atomic E-state index is 12.2. The van der Waals surface area contributed by atoms with Crippen LogP contribution in [0.4, 0.5) is 5.69 Å². The van der Waals surface area contributed by atoms with Gasteiger partial charge in [-0.05, 0) is 42.5 Å². The van der Waals surface area contributed by atoms with Crippen LogP contribution in [0.1, 0.15) is 10.4 Å². The van der Waals surface area contributed by atoms with Crippen molar-refractivity contribution in [3.8, 4) is 11.4 Å². The molecule has 0 atom stereocenters. The van der Waals surface area contributed by atoms with E-state index < -0.39 is 0 Å². The molecule has 1 N–H and O–H groups in total. The van der Waals surface area contributed by atoms with E-state index in [1.807, 2.05) is 12.1 Å². The molecule has 3 aromatic rings. The molecule has 2 aromatic carbocycles. The number of amides is 1. The van der Waals surface area contributed by atoms with E-state index in [1.54, 1.807) is 30.3 Å². The van der Waals surface area contributed by atoms with Crippen LogP contribution < -0.4 is 5.32 Å². The van der Waals surface area contributed by atoms with Gasteiger partial charge in [-0.3, -0.25) is 4.79 Å². The Morgan fingerprint density at radius 3 is 2.00 bits per heavy atom. The van der Waals surface area contributed by atoms with Gasteiger partial charge in [-0.15, -0.1) is 0 Å². The van der Waals surface area contributed by atoms with Crippen LogP contribution in [-0.2, 0) is 0 Å². The van der Waals surface area contributed by atoms with Gasteiger partial charge in [0, 0.05) is 38.7 Å². The quantitative estimate of drug-likeness (QED) is 0.668. The molecule has 0 saturated heterocycles. The van der Waals surface area contributed by atoms with Crippen LogP contribution in [0.15, 0.2) is 54.9 Å². The molecule has 0 unspecified atom stereocenters. The van der Waals surface area contributed by atoms with Gasteiger partial charge in [0.25, 0.3) is 5.91 Å². The number of carbonyl (C=O) groups is 1. The van der Waals surface area contributed by atoms with Gasteiger partial charge in [0.2, 0.25) is 0 Å². The third kappa shape index (κ3) is 4.03. The molecule has 1 heterocycles. The summed E-state index contributed by atoms with van der Waals surface area (Å²) in [4.78, 5) is 20.7. The van der Waals surface area contributed by atoms with Crippen LogP contribution in [0, 0.1) is 0 Å². The average Bonchev–Trinajstić information content (AvgIpc) is 2.55. The summed E-state index contributed by atoms with van der Waals surface area (Å²) in [5.74, 6) is 0.157. The second-order valence-corrected chi connectivity index (χ2v) is 6.22. The standard InChI is InChI=1S/C17H10Cl3N3O/c18-12-3-1-10(2-4-12)16-21-8-11(9-22-16)17(24)23-15-6-13(19)5-14(20)7-15/h1-9H,(H,23,24). The van der Waals surface area contributed by atoms with Crippen LogP contribution >= 0.6 is 34.8 Å². The lowest BCUT2D eigenvalue weighted by molar-refractivity contribution is 0.102. The lowest BCUT2D eigenvalue weighted by Crippen LogP contribution is -2.12. The molecular weight excluding hydrogens is 369 g/mol. The van der Waals surface area contributed by atoms with E-state index in [4.69, 9.17) is 34.8 Å². The molecule has 1 aromatic heterocycles. The number of nitrogens with zero attached hydrogens (tertiary/aromatic N) is 2. The first-order valence-corrected chi connectivity index (χ1v) is 8.00. The SMILES string of the molecule is O=C(Nc1cc(Cl)cc(Cl)c1)c1cnc(-c2ccc(Cl)cc2)nc1. The first-order valence-electron chi connectivity index (χ1n) is 6.87. The lowest BCUT2D eigenvalue weighted by Gasteiger charge is -2.07. The third-order valence-electron chi connectivity index (χ3n) is 3.14. The molecule has 4 nitrogen and oxygen atoms in total. The Kier molecular flexibility index (Phi) is 5.00. The number of nitrogens with one attached hydrogen (secondary N) is 1. The summed E-state index contributed by atoms with van der Waals surface area (Å²) in [6.07, 6.45) is 2.91. The topological polar surface area (TPSA) is 54.9 Å². The van der Waals surface area contributed by atoms with Crippen molar-refractivity contribution in [2.75, 3.05) is 5.32 Å². The number of hydrogen-bond donors (Lipinski definition) is 1. The lowest BCUT2D eigenvalue weighted by atomic mass is 10.2. The first-order chi connectivity index (χ1) is 11.5. The number of carbonyl (C=O) groups excluding carboxylic acids is 1. The molecule has 120 valence electrons. The van der Waals surface area contributed by atoms with Crippen molar-refractivity contribution >= 4 is 46.4 Å². The number of benzene rings is 2. The average molecular weight is 379 g/mol. The zero-order chi connectivity index (χ0) is 17.1. The minimum atomic E-state index is -0.351. The molecule has 0 aliphatic carbocycles. The normalized spacial score (nSPS) is 10.5. The predicted molar refractivity (Wildman–Crippen MR) is 96.9 cm³/mol. The summed E-state index contributed by atoms with van der Waals surface area (Å²) in [6, 6.07) is 11.9. The van der Waals surface area contributed by atoms with Crippen LogP contribution in [0.5, 0.6) is 0 Å². The van der Waals surface area contributed by atoms with Crippen molar-refractivity contribution in [3.05, 3.63) is 75.5 Å². The molecule has 0 spiro atoms. The van der Waals surface area contributed by atoms with Gasteiger partial charge in [0.05, 0.1) is 5.56 Å². The maximum Gasteiger partial charge on any atom is 0.258 e. The highest BCUT2D eigenvalue weighted by Crippen LogP contribution is 2.23. The van der Waals surface area contributed by atoms with Crippen molar-refractivity contribution in [1.29, 1.82) is 0 Å². The largest absolute Gasteiger partial charge is 0.322 e. The number of anilines is 1. The highest BCUT2D eigenvalue weighted by Gasteiger charge is 2.09. The predicted octanol–water partition coefficient (Wildman–Crippen LogP) is 5.36. The van der Waals surface area contributed by atoms with E-state index >= 15 is 0 Å². The molecular formula is C17H10Cl3N3O. The molecule has 0 aliphatic heterocycles. The van der Waals surface area contributed by atoms with Crippen molar-refractivity contribution in [2.45, 2.75) is 0 Å². The molecule has 0 aliphatic rings. The summed E-state index contributed by atoms with van der Waals surface area (Å²) in [5, 5.41) is 4.21. The van der Waals surface area contributed by atoms with Crippen molar-refractivity contribution in [3.63, 3.8) is 0 Å². The molecule has 7 heteroatoms. The molecule has 0 radical (unpaired) electrons. The molecule has 0 bridgehead atoms. The van der Waals surface area contributed by atoms with Crippen molar-refractivity contribution in [2.24, 2.45) is 0 Å². The van der Waals surface area contributed by atoms with Crippen LogP contribution in [0.25, 0.3) is 11.4 Å². The third-order valence-corrected chi connectivity index (χ3v) is 3.83. The maximum atomic E-state index is 12.2. The second kappa shape index (κ2) is 7.18. The number of rotatable bonds is 3. The van der Waals surface area contributed by atoms with Crippen LogP contribution in [-0.4, -0.2) is 15.9 Å². The fourth-order valence-corrected chi connectivity index (χ4v) is 2.67. The van der Waals surface area contributed by atoms with E-state index in [-0.39, 0.29) is 5.91 Å².